The molecule has 8 heteroatoms. The van der Waals surface area contributed by atoms with Gasteiger partial charge in [0, 0.05) is 32.0 Å². The number of hydrogen-bond acceptors (Lipinski definition) is 4. The van der Waals surface area contributed by atoms with Crippen molar-refractivity contribution in [3.05, 3.63) is 71.6 Å². The fraction of sp³-hybridized carbons (Fsp3) is 0.250. The molecule has 2 aromatic carbocycles. The Labute approximate surface area is 159 Å². The monoisotopic (exact) mass is 389 g/mol. The van der Waals surface area contributed by atoms with Crippen molar-refractivity contribution in [2.75, 3.05) is 7.05 Å². The van der Waals surface area contributed by atoms with Gasteiger partial charge in [-0.15, -0.1) is 0 Å². The van der Waals surface area contributed by atoms with Gasteiger partial charge in [0.25, 0.3) is 0 Å². The van der Waals surface area contributed by atoms with E-state index in [9.17, 15) is 18.0 Å². The first-order chi connectivity index (χ1) is 13.3. The molecule has 1 aromatic heterocycles. The molecule has 0 aliphatic rings. The van der Waals surface area contributed by atoms with E-state index in [1.54, 1.807) is 7.05 Å². The molecule has 0 atom stereocenters. The predicted octanol–water partition coefficient (Wildman–Crippen LogP) is 4.35. The lowest BCUT2D eigenvalue weighted by Crippen LogP contribution is -2.26. The average Bonchev–Trinajstić information content (AvgIpc) is 3.15. The van der Waals surface area contributed by atoms with E-state index in [1.807, 2.05) is 30.3 Å². The molecule has 146 valence electrons. The van der Waals surface area contributed by atoms with Crippen LogP contribution >= 0.6 is 0 Å². The van der Waals surface area contributed by atoms with E-state index in [0.29, 0.717) is 17.3 Å². The highest BCUT2D eigenvalue weighted by Gasteiger charge is 2.30. The number of hydrogen-bond donors (Lipinski definition) is 0. The number of alkyl halides is 3. The maximum Gasteiger partial charge on any atom is 0.416 e. The van der Waals surface area contributed by atoms with Crippen LogP contribution < -0.4 is 0 Å². The van der Waals surface area contributed by atoms with Crippen LogP contribution in [0.2, 0.25) is 0 Å². The molecular formula is C20H18F3N3O2. The molecule has 1 heterocycles. The smallest absolute Gasteiger partial charge is 0.341 e. The fourth-order valence-corrected chi connectivity index (χ4v) is 2.63. The van der Waals surface area contributed by atoms with Crippen LogP contribution in [-0.2, 0) is 23.9 Å². The number of aromatic nitrogens is 2. The fourth-order valence-electron chi connectivity index (χ4n) is 2.63. The van der Waals surface area contributed by atoms with Gasteiger partial charge in [0.1, 0.15) is 0 Å². The van der Waals surface area contributed by atoms with Gasteiger partial charge in [0.2, 0.25) is 17.6 Å². The van der Waals surface area contributed by atoms with Gasteiger partial charge in [-0.05, 0) is 17.7 Å². The summed E-state index contributed by atoms with van der Waals surface area (Å²) in [6.07, 6.45) is -3.92. The number of halogens is 3. The quantitative estimate of drug-likeness (QED) is 0.629. The van der Waals surface area contributed by atoms with Crippen LogP contribution in [0, 0.1) is 0 Å². The Morgan fingerprint density at radius 3 is 2.39 bits per heavy atom. The predicted molar refractivity (Wildman–Crippen MR) is 96.0 cm³/mol. The molecule has 0 saturated heterocycles. The van der Waals surface area contributed by atoms with E-state index >= 15 is 0 Å². The Morgan fingerprint density at radius 1 is 1.07 bits per heavy atom. The van der Waals surface area contributed by atoms with Crippen LogP contribution in [0.4, 0.5) is 13.2 Å². The van der Waals surface area contributed by atoms with E-state index in [4.69, 9.17) is 4.52 Å². The Morgan fingerprint density at radius 2 is 1.75 bits per heavy atom. The molecule has 0 bridgehead atoms. The summed E-state index contributed by atoms with van der Waals surface area (Å²) in [5, 5.41) is 3.90. The molecule has 0 saturated carbocycles. The van der Waals surface area contributed by atoms with Gasteiger partial charge in [-0.1, -0.05) is 47.6 Å². The van der Waals surface area contributed by atoms with Crippen molar-refractivity contribution in [2.24, 2.45) is 0 Å². The van der Waals surface area contributed by atoms with Crippen molar-refractivity contribution in [3.8, 4) is 11.4 Å². The standard InChI is InChI=1S/C20H18F3N3O2/c1-26(13-14-7-9-16(10-8-14)20(21,22)23)18(27)12-11-17-24-19(25-28-17)15-5-3-2-4-6-15/h2-10H,11-13H2,1H3. The third-order valence-electron chi connectivity index (χ3n) is 4.18. The highest BCUT2D eigenvalue weighted by atomic mass is 19.4. The second-order valence-corrected chi connectivity index (χ2v) is 6.32. The van der Waals surface area contributed by atoms with Gasteiger partial charge < -0.3 is 9.42 Å². The summed E-state index contributed by atoms with van der Waals surface area (Å²) < 4.78 is 43.0. The van der Waals surface area contributed by atoms with Gasteiger partial charge in [-0.25, -0.2) is 0 Å². The van der Waals surface area contributed by atoms with Crippen molar-refractivity contribution < 1.29 is 22.5 Å². The summed E-state index contributed by atoms with van der Waals surface area (Å²) in [4.78, 5) is 18.0. The first-order valence-electron chi connectivity index (χ1n) is 8.61. The van der Waals surface area contributed by atoms with Crippen LogP contribution in [-0.4, -0.2) is 28.0 Å². The van der Waals surface area contributed by atoms with E-state index in [-0.39, 0.29) is 25.3 Å². The molecule has 1 amide bonds. The van der Waals surface area contributed by atoms with Crippen molar-refractivity contribution in [1.82, 2.24) is 15.0 Å². The van der Waals surface area contributed by atoms with Crippen LogP contribution in [0.25, 0.3) is 11.4 Å². The Kier molecular flexibility index (Phi) is 5.77. The molecule has 3 aromatic rings. The Hall–Kier alpha value is -3.16. The molecule has 0 unspecified atom stereocenters. The van der Waals surface area contributed by atoms with E-state index < -0.39 is 11.7 Å². The zero-order chi connectivity index (χ0) is 20.1. The first-order valence-corrected chi connectivity index (χ1v) is 8.61. The minimum absolute atomic E-state index is 0.160. The third-order valence-corrected chi connectivity index (χ3v) is 4.18. The lowest BCUT2D eigenvalue weighted by atomic mass is 10.1. The number of carbonyl (C=O) groups excluding carboxylic acids is 1. The van der Waals surface area contributed by atoms with Gasteiger partial charge in [-0.2, -0.15) is 18.2 Å². The van der Waals surface area contributed by atoms with Crippen LogP contribution in [0.5, 0.6) is 0 Å². The van der Waals surface area contributed by atoms with Crippen molar-refractivity contribution >= 4 is 5.91 Å². The molecule has 0 aliphatic carbocycles. The molecule has 28 heavy (non-hydrogen) atoms. The lowest BCUT2D eigenvalue weighted by molar-refractivity contribution is -0.137. The number of benzene rings is 2. The lowest BCUT2D eigenvalue weighted by Gasteiger charge is -2.17. The normalized spacial score (nSPS) is 11.4. The molecule has 3 rings (SSSR count). The molecule has 0 aliphatic heterocycles. The molecule has 0 spiro atoms. The van der Waals surface area contributed by atoms with Crippen molar-refractivity contribution in [3.63, 3.8) is 0 Å². The number of carbonyl (C=O) groups is 1. The second kappa shape index (κ2) is 8.24. The van der Waals surface area contributed by atoms with Crippen LogP contribution in [0.15, 0.2) is 59.1 Å². The Bertz CT molecular complexity index is 922. The molecular weight excluding hydrogens is 371 g/mol. The molecule has 5 nitrogen and oxygen atoms in total. The summed E-state index contributed by atoms with van der Waals surface area (Å²) in [5.74, 6) is 0.649. The zero-order valence-corrected chi connectivity index (χ0v) is 15.1. The third kappa shape index (κ3) is 4.97. The van der Waals surface area contributed by atoms with E-state index in [2.05, 4.69) is 10.1 Å². The summed E-state index contributed by atoms with van der Waals surface area (Å²) in [6, 6.07) is 14.1. The van der Waals surface area contributed by atoms with Crippen molar-refractivity contribution in [1.29, 1.82) is 0 Å². The summed E-state index contributed by atoms with van der Waals surface area (Å²) in [7, 11) is 1.60. The minimum Gasteiger partial charge on any atom is -0.341 e. The second-order valence-electron chi connectivity index (χ2n) is 6.32. The summed E-state index contributed by atoms with van der Waals surface area (Å²) in [5.41, 5.74) is 0.729. The van der Waals surface area contributed by atoms with Gasteiger partial charge in [0.05, 0.1) is 5.56 Å². The maximum absolute atomic E-state index is 12.6. The number of nitrogens with zero attached hydrogens (tertiary/aromatic N) is 3. The minimum atomic E-state index is -4.37. The van der Waals surface area contributed by atoms with Gasteiger partial charge in [-0.3, -0.25) is 4.79 Å². The first kappa shape index (κ1) is 19.6. The number of amides is 1. The summed E-state index contributed by atoms with van der Waals surface area (Å²) in [6.45, 7) is 0.218. The number of rotatable bonds is 6. The molecule has 0 radical (unpaired) electrons. The van der Waals surface area contributed by atoms with E-state index in [1.165, 1.54) is 17.0 Å². The Balaban J connectivity index is 1.53. The largest absolute Gasteiger partial charge is 0.416 e. The van der Waals surface area contributed by atoms with Gasteiger partial charge in [0.15, 0.2) is 0 Å². The summed E-state index contributed by atoms with van der Waals surface area (Å²) >= 11 is 0. The highest BCUT2D eigenvalue weighted by Crippen LogP contribution is 2.29. The number of aryl methyl sites for hydroxylation is 1. The van der Waals surface area contributed by atoms with Crippen LogP contribution in [0.3, 0.4) is 0 Å². The zero-order valence-electron chi connectivity index (χ0n) is 15.1. The maximum atomic E-state index is 12.6. The van der Waals surface area contributed by atoms with Crippen molar-refractivity contribution in [2.45, 2.75) is 25.6 Å². The highest BCUT2D eigenvalue weighted by molar-refractivity contribution is 5.76. The van der Waals surface area contributed by atoms with Crippen LogP contribution in [0.1, 0.15) is 23.4 Å². The molecule has 0 fully saturated rings. The van der Waals surface area contributed by atoms with E-state index in [0.717, 1.165) is 17.7 Å². The average molecular weight is 389 g/mol. The molecule has 0 N–H and O–H groups in total. The SMILES string of the molecule is CN(Cc1ccc(C(F)(F)F)cc1)C(=O)CCc1nc(-c2ccccc2)no1. The van der Waals surface area contributed by atoms with Gasteiger partial charge >= 0.3 is 6.18 Å². The topological polar surface area (TPSA) is 59.2 Å².